The first-order valence-corrected chi connectivity index (χ1v) is 26.9. The van der Waals surface area contributed by atoms with Gasteiger partial charge in [-0.1, -0.05) is 48.9 Å². The van der Waals surface area contributed by atoms with Gasteiger partial charge < -0.3 is 0 Å². The van der Waals surface area contributed by atoms with Crippen LogP contribution >= 0.6 is 17.0 Å². The Kier molecular flexibility index (Phi) is 14.5. The maximum atomic E-state index is 15.4. The third-order valence-corrected chi connectivity index (χ3v) is 10.6. The Balaban J connectivity index is 0.000000269. The van der Waals surface area contributed by atoms with Gasteiger partial charge >= 0.3 is 273 Å². The minimum absolute atomic E-state index is 0.0186. The molecule has 0 nitrogen and oxygen atoms in total. The van der Waals surface area contributed by atoms with E-state index in [1.54, 1.807) is 13.1 Å². The van der Waals surface area contributed by atoms with E-state index in [9.17, 15) is 26.3 Å². The number of fused-ring (bicyclic) bond motifs is 2. The summed E-state index contributed by atoms with van der Waals surface area (Å²) in [5.74, 6) is -22.6. The molecule has 0 aliphatic heterocycles. The third-order valence-electron chi connectivity index (χ3n) is 9.72. The van der Waals surface area contributed by atoms with Crippen LogP contribution in [-0.2, 0) is 20.8 Å². The van der Waals surface area contributed by atoms with Crippen molar-refractivity contribution in [2.24, 2.45) is 0 Å². The van der Waals surface area contributed by atoms with Crippen LogP contribution in [0.25, 0.3) is 49.7 Å². The predicted molar refractivity (Wildman–Crippen MR) is 224 cm³/mol. The topological polar surface area (TPSA) is 0 Å². The van der Waals surface area contributed by atoms with E-state index in [-0.39, 0.29) is 33.3 Å². The maximum absolute atomic E-state index is 15.4. The van der Waals surface area contributed by atoms with E-state index < -0.39 is 110 Å². The molecule has 0 atom stereocenters. The van der Waals surface area contributed by atoms with E-state index in [0.29, 0.717) is 0 Å². The van der Waals surface area contributed by atoms with Crippen LogP contribution in [0.2, 0.25) is 13.1 Å². The molecule has 0 unspecified atom stereocenters. The van der Waals surface area contributed by atoms with Crippen LogP contribution in [0.5, 0.6) is 0 Å². The molecule has 0 saturated heterocycles. The van der Waals surface area contributed by atoms with E-state index in [0.717, 1.165) is 12.1 Å². The Morgan fingerprint density at radius 3 is 1.49 bits per heavy atom. The summed E-state index contributed by atoms with van der Waals surface area (Å²) < 4.78 is 147. The van der Waals surface area contributed by atoms with Crippen molar-refractivity contribution in [3.05, 3.63) is 189 Å². The van der Waals surface area contributed by atoms with Gasteiger partial charge in [-0.25, -0.2) is 0 Å². The molecule has 1 radical (unpaired) electrons. The molecular formula is C46H27BCl2F10SiZr-. The fraction of sp³-hybridized carbons (Fsp3) is 0.0652. The Morgan fingerprint density at radius 1 is 0.525 bits per heavy atom. The van der Waals surface area contributed by atoms with Crippen LogP contribution in [0.3, 0.4) is 0 Å². The zero-order chi connectivity index (χ0) is 44.4. The van der Waals surface area contributed by atoms with Gasteiger partial charge in [-0.15, -0.1) is 34.5 Å². The molecule has 0 fully saturated rings. The number of halogens is 12. The minimum atomic E-state index is -2.41. The monoisotopic (exact) mass is 968 g/mol. The van der Waals surface area contributed by atoms with E-state index in [2.05, 4.69) is 67.6 Å². The molecule has 7 aromatic carbocycles. The van der Waals surface area contributed by atoms with Crippen molar-refractivity contribution in [2.75, 3.05) is 0 Å². The molecule has 61 heavy (non-hydrogen) atoms. The Bertz CT molecular complexity index is 2850. The van der Waals surface area contributed by atoms with Crippen molar-refractivity contribution in [1.82, 2.24) is 0 Å². The van der Waals surface area contributed by atoms with Crippen molar-refractivity contribution in [3.63, 3.8) is 0 Å². The van der Waals surface area contributed by atoms with Crippen molar-refractivity contribution >= 4 is 60.4 Å². The van der Waals surface area contributed by atoms with Gasteiger partial charge in [-0.05, 0) is 5.56 Å². The van der Waals surface area contributed by atoms with Crippen molar-refractivity contribution in [2.45, 2.75) is 20.0 Å². The molecule has 0 N–H and O–H groups in total. The second-order valence-electron chi connectivity index (χ2n) is 13.9. The fourth-order valence-electron chi connectivity index (χ4n) is 7.23. The fourth-order valence-corrected chi connectivity index (χ4v) is 8.11. The van der Waals surface area contributed by atoms with Gasteiger partial charge in [0.2, 0.25) is 0 Å². The second-order valence-corrected chi connectivity index (χ2v) is 20.0. The van der Waals surface area contributed by atoms with Gasteiger partial charge in [0.15, 0.2) is 0 Å². The molecule has 0 amide bonds. The summed E-state index contributed by atoms with van der Waals surface area (Å²) in [6.07, 6.45) is 0. The zero-order valence-electron chi connectivity index (χ0n) is 32.0. The summed E-state index contributed by atoms with van der Waals surface area (Å²) >= 11 is -0.826. The predicted octanol–water partition coefficient (Wildman–Crippen LogP) is 14.0. The number of benzene rings is 6. The van der Waals surface area contributed by atoms with Crippen LogP contribution in [0.4, 0.5) is 43.9 Å². The number of rotatable bonds is 5. The van der Waals surface area contributed by atoms with Gasteiger partial charge in [0.05, 0.1) is 0 Å². The van der Waals surface area contributed by atoms with E-state index in [4.69, 9.17) is 24.5 Å². The summed E-state index contributed by atoms with van der Waals surface area (Å²) in [7, 11) is 14.7. The molecular weight excluding hydrogens is 944 g/mol. The first kappa shape index (κ1) is 46.0. The Labute approximate surface area is 365 Å². The van der Waals surface area contributed by atoms with Crippen LogP contribution in [0.15, 0.2) is 109 Å². The summed E-state index contributed by atoms with van der Waals surface area (Å²) in [4.78, 5) is 0. The number of aryl methyl sites for hydroxylation is 1. The first-order valence-electron chi connectivity index (χ1n) is 18.0. The average molecular weight is 971 g/mol. The molecule has 307 valence electrons. The van der Waals surface area contributed by atoms with E-state index in [1.807, 2.05) is 0 Å². The van der Waals surface area contributed by atoms with Gasteiger partial charge in [-0.2, -0.15) is 6.07 Å². The molecule has 0 saturated carbocycles. The molecule has 8 rings (SSSR count). The molecule has 0 aromatic heterocycles. The molecule has 0 heterocycles. The number of allylic oxidation sites excluding steroid dienone is 1. The molecule has 0 bridgehead atoms. The normalized spacial score (nSPS) is 11.8. The molecule has 1 aliphatic carbocycles. The third kappa shape index (κ3) is 8.77. The van der Waals surface area contributed by atoms with Crippen molar-refractivity contribution in [3.8, 4) is 33.4 Å². The molecule has 15 heteroatoms. The molecule has 1 aliphatic rings. The summed E-state index contributed by atoms with van der Waals surface area (Å²) in [6.45, 7) is 5.62. The quantitative estimate of drug-likeness (QED) is 0.0530. The van der Waals surface area contributed by atoms with Crippen LogP contribution in [0.1, 0.15) is 22.3 Å². The molecule has 7 aromatic rings. The average Bonchev–Trinajstić information content (AvgIpc) is 3.77. The molecule has 0 spiro atoms. The second kappa shape index (κ2) is 19.2. The van der Waals surface area contributed by atoms with E-state index in [1.165, 1.54) is 63.5 Å². The standard InChI is InChI=1S/C30H14BF10Si.C16H13.2ClH.Zr/c1-42(2)10-14-17(19-23(34)27(38)30(41)28(39)24(19)35)16-13(20(14)31)9-8-12(15(16)11-6-4-3-5-7-11)18-21(32)25(36)29(40)26(37)22(18)33;1-12-10-14-8-5-9-15(16(14)11-12)13-6-3-2-4-7-13;;;/h3-10H,1-2H3;2-11H,1H3;2*1H;/q;-1;;;+2/p-2. The summed E-state index contributed by atoms with van der Waals surface area (Å²) in [5, 5.41) is 2.69. The van der Waals surface area contributed by atoms with Gasteiger partial charge in [0.1, 0.15) is 0 Å². The number of hydrogen-bond acceptors (Lipinski definition) is 0. The van der Waals surface area contributed by atoms with Gasteiger partial charge in [-0.3, -0.25) is 0 Å². The van der Waals surface area contributed by atoms with Crippen LogP contribution in [0, 0.1) is 65.1 Å². The summed E-state index contributed by atoms with van der Waals surface area (Å²) in [5.41, 5.74) is 0.634. The van der Waals surface area contributed by atoms with Crippen molar-refractivity contribution in [1.29, 1.82) is 0 Å². The van der Waals surface area contributed by atoms with Gasteiger partial charge in [0, 0.05) is 0 Å². The van der Waals surface area contributed by atoms with E-state index >= 15 is 17.6 Å². The van der Waals surface area contributed by atoms with Crippen molar-refractivity contribution < 1.29 is 64.8 Å². The van der Waals surface area contributed by atoms with Crippen LogP contribution in [-0.4, -0.2) is 27.0 Å². The van der Waals surface area contributed by atoms with Crippen LogP contribution < -0.4 is 0 Å². The number of hydrogen-bond donors (Lipinski definition) is 0. The first-order chi connectivity index (χ1) is 29.0. The summed E-state index contributed by atoms with van der Waals surface area (Å²) in [6, 6.07) is 30.9. The van der Waals surface area contributed by atoms with Gasteiger partial charge in [0.25, 0.3) is 0 Å². The Morgan fingerprint density at radius 2 is 0.984 bits per heavy atom. The Hall–Kier alpha value is -4.55. The SMILES string of the molecule is Cc1cc2c(-c3ccccc3)cccc2[cH-]1.[B]=C1C(C=[Si](C)C)=C(c2c(F)c(F)c(F)c(F)c2F)c2c1ccc(-c1c(F)c(F)c(F)c(F)c1F)c2-c1ccccc1.[Cl][Zr][Cl]. The zero-order valence-corrected chi connectivity index (χ0v) is 37.0.